The van der Waals surface area contributed by atoms with Gasteiger partial charge in [0.2, 0.25) is 17.7 Å². The fourth-order valence-electron chi connectivity index (χ4n) is 5.70. The third-order valence-corrected chi connectivity index (χ3v) is 7.30. The number of methoxy groups -OCH3 is 1. The van der Waals surface area contributed by atoms with Crippen LogP contribution in [0.25, 0.3) is 0 Å². The summed E-state index contributed by atoms with van der Waals surface area (Å²) in [5.74, 6) is -0.558. The molecule has 0 saturated carbocycles. The minimum absolute atomic E-state index is 0.0582. The second-order valence-corrected chi connectivity index (χ2v) is 9.45. The first-order chi connectivity index (χ1) is 16.3. The van der Waals surface area contributed by atoms with E-state index in [9.17, 15) is 24.8 Å². The molecule has 3 fully saturated rings. The zero-order chi connectivity index (χ0) is 24.4. The predicted octanol–water partition coefficient (Wildman–Crippen LogP) is 2.03. The van der Waals surface area contributed by atoms with E-state index in [2.05, 4.69) is 16.4 Å². The number of nitrogens with zero attached hydrogens (tertiary/aromatic N) is 4. The lowest BCUT2D eigenvalue weighted by Crippen LogP contribution is -2.56. The molecule has 1 aromatic heterocycles. The average molecular weight is 470 g/mol. The second-order valence-electron chi connectivity index (χ2n) is 9.45. The minimum Gasteiger partial charge on any atom is -0.481 e. The van der Waals surface area contributed by atoms with Crippen molar-refractivity contribution < 1.29 is 24.2 Å². The van der Waals surface area contributed by atoms with Crippen LogP contribution in [0.3, 0.4) is 0 Å². The summed E-state index contributed by atoms with van der Waals surface area (Å²) in [6, 6.07) is 4.56. The Hall–Kier alpha value is -3.35. The Balaban J connectivity index is 1.55. The van der Waals surface area contributed by atoms with Gasteiger partial charge in [0, 0.05) is 36.8 Å². The molecule has 1 aromatic rings. The molecule has 10 heteroatoms. The molecule has 5 atom stereocenters. The summed E-state index contributed by atoms with van der Waals surface area (Å²) >= 11 is 0. The van der Waals surface area contributed by atoms with E-state index in [0.29, 0.717) is 31.8 Å². The number of pyridine rings is 1. The van der Waals surface area contributed by atoms with Crippen molar-refractivity contribution in [3.8, 4) is 11.9 Å². The smallest absolute Gasteiger partial charge is 0.405 e. The molecule has 4 heterocycles. The van der Waals surface area contributed by atoms with Gasteiger partial charge in [-0.15, -0.1) is 0 Å². The number of carboxylic acid groups (broad SMARTS) is 1. The van der Waals surface area contributed by atoms with Crippen LogP contribution in [0.4, 0.5) is 4.79 Å². The second kappa shape index (κ2) is 9.87. The predicted molar refractivity (Wildman–Crippen MR) is 121 cm³/mol. The van der Waals surface area contributed by atoms with E-state index >= 15 is 0 Å². The zero-order valence-corrected chi connectivity index (χ0v) is 19.6. The summed E-state index contributed by atoms with van der Waals surface area (Å²) in [7, 11) is 1.54. The van der Waals surface area contributed by atoms with Crippen LogP contribution in [0.5, 0.6) is 5.88 Å². The summed E-state index contributed by atoms with van der Waals surface area (Å²) in [5, 5.41) is 21.3. The molecule has 0 bridgehead atoms. The summed E-state index contributed by atoms with van der Waals surface area (Å²) in [6.45, 7) is 2.53. The Morgan fingerprint density at radius 2 is 1.97 bits per heavy atom. The van der Waals surface area contributed by atoms with Gasteiger partial charge in [-0.3, -0.25) is 9.59 Å². The van der Waals surface area contributed by atoms with Crippen molar-refractivity contribution in [2.45, 2.75) is 69.5 Å². The van der Waals surface area contributed by atoms with E-state index in [1.165, 1.54) is 0 Å². The number of aromatic nitrogens is 1. The standard InChI is InChI=1S/C24H31N5O5/c1-14-9-15(10-21(26-14)34-2)18-13-28(12-16(18)11-25)23(31)20-8-7-17-5-3-4-6-19(27-24(32)33)22(30)29(17)20/h9-10,16-20,27H,3-8,12-13H2,1-2H3,(H,32,33)/t16-,17-,18+,19-,20-/m0/s1. The van der Waals surface area contributed by atoms with Gasteiger partial charge in [-0.05, 0) is 44.2 Å². The monoisotopic (exact) mass is 469 g/mol. The van der Waals surface area contributed by atoms with Crippen molar-refractivity contribution in [3.05, 3.63) is 23.4 Å². The molecule has 3 saturated heterocycles. The fraction of sp³-hybridized carbons (Fsp3) is 0.625. The van der Waals surface area contributed by atoms with Gasteiger partial charge in [0.05, 0.1) is 19.1 Å². The van der Waals surface area contributed by atoms with Crippen LogP contribution in [-0.2, 0) is 9.59 Å². The molecule has 4 rings (SSSR count). The highest BCUT2D eigenvalue weighted by Crippen LogP contribution is 2.37. The molecule has 2 N–H and O–H groups in total. The number of likely N-dealkylation sites (tertiary alicyclic amines) is 1. The van der Waals surface area contributed by atoms with Crippen LogP contribution in [-0.4, -0.2) is 76.1 Å². The maximum atomic E-state index is 13.7. The number of carbonyl (C=O) groups is 3. The molecule has 0 unspecified atom stereocenters. The van der Waals surface area contributed by atoms with E-state index in [1.807, 2.05) is 19.1 Å². The lowest BCUT2D eigenvalue weighted by molar-refractivity contribution is -0.146. The molecule has 3 aliphatic heterocycles. The van der Waals surface area contributed by atoms with Gasteiger partial charge in [0.25, 0.3) is 0 Å². The highest BCUT2D eigenvalue weighted by molar-refractivity contribution is 5.92. The Labute approximate surface area is 198 Å². The number of amides is 3. The minimum atomic E-state index is -1.24. The first kappa shape index (κ1) is 23.8. The summed E-state index contributed by atoms with van der Waals surface area (Å²) in [6.07, 6.45) is 2.94. The summed E-state index contributed by atoms with van der Waals surface area (Å²) in [5.41, 5.74) is 1.68. The van der Waals surface area contributed by atoms with Crippen molar-refractivity contribution >= 4 is 17.9 Å². The molecule has 0 spiro atoms. The van der Waals surface area contributed by atoms with Crippen LogP contribution in [0.1, 0.15) is 55.7 Å². The molecule has 0 radical (unpaired) electrons. The zero-order valence-electron chi connectivity index (χ0n) is 19.6. The van der Waals surface area contributed by atoms with Crippen LogP contribution in [0.2, 0.25) is 0 Å². The van der Waals surface area contributed by atoms with Crippen LogP contribution in [0.15, 0.2) is 12.1 Å². The Morgan fingerprint density at radius 3 is 2.68 bits per heavy atom. The van der Waals surface area contributed by atoms with Gasteiger partial charge in [-0.2, -0.15) is 5.26 Å². The van der Waals surface area contributed by atoms with Crippen molar-refractivity contribution in [2.75, 3.05) is 20.2 Å². The average Bonchev–Trinajstić information content (AvgIpc) is 3.42. The van der Waals surface area contributed by atoms with Gasteiger partial charge >= 0.3 is 6.09 Å². The fourth-order valence-corrected chi connectivity index (χ4v) is 5.70. The van der Waals surface area contributed by atoms with Gasteiger partial charge in [-0.1, -0.05) is 12.8 Å². The van der Waals surface area contributed by atoms with Crippen LogP contribution in [0, 0.1) is 24.2 Å². The molecule has 34 heavy (non-hydrogen) atoms. The summed E-state index contributed by atoms with van der Waals surface area (Å²) in [4.78, 5) is 45.8. The maximum Gasteiger partial charge on any atom is 0.405 e. The van der Waals surface area contributed by atoms with Gasteiger partial charge in [-0.25, -0.2) is 9.78 Å². The molecule has 3 amide bonds. The van der Waals surface area contributed by atoms with Crippen molar-refractivity contribution in [1.82, 2.24) is 20.1 Å². The molecule has 0 aliphatic carbocycles. The van der Waals surface area contributed by atoms with E-state index < -0.39 is 18.2 Å². The number of ether oxygens (including phenoxy) is 1. The molecule has 0 aromatic carbocycles. The Kier molecular flexibility index (Phi) is 6.91. The SMILES string of the molecule is COc1cc([C@H]2CN(C(=O)[C@@H]3CC[C@@H]4CCCC[C@H](NC(=O)O)C(=O)N43)C[C@@H]2C#N)cc(C)n1. The Morgan fingerprint density at radius 1 is 1.21 bits per heavy atom. The van der Waals surface area contributed by atoms with Gasteiger partial charge in [0.1, 0.15) is 12.1 Å². The van der Waals surface area contributed by atoms with Gasteiger partial charge in [0.15, 0.2) is 0 Å². The number of hydrogen-bond acceptors (Lipinski definition) is 6. The molecular formula is C24H31N5O5. The lowest BCUT2D eigenvalue weighted by atomic mass is 9.90. The van der Waals surface area contributed by atoms with E-state index in [0.717, 1.165) is 36.9 Å². The quantitative estimate of drug-likeness (QED) is 0.689. The number of carbonyl (C=O) groups excluding carboxylic acids is 2. The normalized spacial score (nSPS) is 29.1. The van der Waals surface area contributed by atoms with Crippen LogP contribution < -0.4 is 10.1 Å². The van der Waals surface area contributed by atoms with Gasteiger partial charge < -0.3 is 25.0 Å². The van der Waals surface area contributed by atoms with Crippen LogP contribution >= 0.6 is 0 Å². The molecule has 3 aliphatic rings. The molecular weight excluding hydrogens is 438 g/mol. The number of nitriles is 1. The van der Waals surface area contributed by atoms with E-state index in [-0.39, 0.29) is 29.7 Å². The number of fused-ring (bicyclic) bond motifs is 1. The van der Waals surface area contributed by atoms with E-state index in [1.54, 1.807) is 16.9 Å². The third-order valence-electron chi connectivity index (χ3n) is 7.30. The maximum absolute atomic E-state index is 13.7. The number of rotatable bonds is 4. The first-order valence-corrected chi connectivity index (χ1v) is 11.8. The van der Waals surface area contributed by atoms with E-state index in [4.69, 9.17) is 4.74 Å². The van der Waals surface area contributed by atoms with Crippen molar-refractivity contribution in [3.63, 3.8) is 0 Å². The number of nitrogens with one attached hydrogen (secondary N) is 1. The highest BCUT2D eigenvalue weighted by atomic mass is 16.5. The topological polar surface area (TPSA) is 136 Å². The number of aryl methyl sites for hydroxylation is 1. The van der Waals surface area contributed by atoms with Crippen molar-refractivity contribution in [2.24, 2.45) is 5.92 Å². The molecule has 10 nitrogen and oxygen atoms in total. The largest absolute Gasteiger partial charge is 0.481 e. The lowest BCUT2D eigenvalue weighted by Gasteiger charge is -2.36. The number of hydrogen-bond donors (Lipinski definition) is 2. The Bertz CT molecular complexity index is 1010. The highest BCUT2D eigenvalue weighted by Gasteiger charge is 2.47. The first-order valence-electron chi connectivity index (χ1n) is 11.8. The third kappa shape index (κ3) is 4.65. The summed E-state index contributed by atoms with van der Waals surface area (Å²) < 4.78 is 5.28. The van der Waals surface area contributed by atoms with Crippen molar-refractivity contribution in [1.29, 1.82) is 5.26 Å². The molecule has 182 valence electrons.